The largest absolute Gasteiger partial charge is 0.497 e. The minimum absolute atomic E-state index is 0.233. The van der Waals surface area contributed by atoms with E-state index >= 15 is 0 Å². The number of aldehydes is 1. The molecule has 82 heavy (non-hydrogen) atoms. The summed E-state index contributed by atoms with van der Waals surface area (Å²) in [5.74, 6) is 2.26. The molecule has 9 aromatic rings. The summed E-state index contributed by atoms with van der Waals surface area (Å²) < 4.78 is 21.3. The Morgan fingerprint density at radius 2 is 0.744 bits per heavy atom. The molecule has 0 bridgehead atoms. The van der Waals surface area contributed by atoms with Crippen molar-refractivity contribution in [3.05, 3.63) is 291 Å². The van der Waals surface area contributed by atoms with Gasteiger partial charge in [-0.3, -0.25) is 20.0 Å². The van der Waals surface area contributed by atoms with Crippen LogP contribution in [0.5, 0.6) is 17.2 Å². The predicted molar refractivity (Wildman–Crippen MR) is 328 cm³/mol. The Bertz CT molecular complexity index is 3160. The van der Waals surface area contributed by atoms with Crippen LogP contribution < -0.4 is 14.2 Å². The number of carbonyl (C=O) groups excluding carboxylic acids is 2. The van der Waals surface area contributed by atoms with Crippen molar-refractivity contribution in [1.82, 2.24) is 9.97 Å². The van der Waals surface area contributed by atoms with Crippen molar-refractivity contribution in [2.45, 2.75) is 84.5 Å². The molecule has 10 heteroatoms. The summed E-state index contributed by atoms with van der Waals surface area (Å²) >= 11 is 0. The van der Waals surface area contributed by atoms with E-state index in [2.05, 4.69) is 221 Å². The highest BCUT2D eigenvalue weighted by molar-refractivity contribution is 5.69. The van der Waals surface area contributed by atoms with Crippen molar-refractivity contribution in [1.29, 1.82) is 0 Å². The third-order valence-corrected chi connectivity index (χ3v) is 15.1. The zero-order chi connectivity index (χ0) is 59.0. The second-order valence-electron chi connectivity index (χ2n) is 20.3. The van der Waals surface area contributed by atoms with Gasteiger partial charge in [0, 0.05) is 41.0 Å². The number of aryl methyl sites for hydroxylation is 4. The van der Waals surface area contributed by atoms with Crippen molar-refractivity contribution in [2.24, 2.45) is 0 Å². The maximum Gasteiger partial charge on any atom is 0.309 e. The van der Waals surface area contributed by atoms with Crippen LogP contribution in [-0.2, 0) is 41.9 Å². The normalized spacial score (nSPS) is 12.8. The SMILES string of the molecule is CCOC(=O)CCOc1ccc([C@@](C)(c2ccc(C)cc2)c2ccc(CC)cc2)cc1.COc1ccc([C@](C)(c2ccncc2)c2ccc(C)cc2)cc1.COc1ccc([C@](C)(c2ccncc2)c2ccc(C)cc2)cc1.O=CCOO. The first-order valence-electron chi connectivity index (χ1n) is 27.7. The van der Waals surface area contributed by atoms with Crippen LogP contribution in [0.4, 0.5) is 0 Å². The lowest BCUT2D eigenvalue weighted by Gasteiger charge is -2.32. The first kappa shape index (κ1) is 62.5. The second-order valence-corrected chi connectivity index (χ2v) is 20.3. The van der Waals surface area contributed by atoms with Crippen LogP contribution in [0.1, 0.15) is 113 Å². The first-order chi connectivity index (χ1) is 39.7. The number of methoxy groups -OCH3 is 2. The van der Waals surface area contributed by atoms with Gasteiger partial charge < -0.3 is 23.7 Å². The van der Waals surface area contributed by atoms with Gasteiger partial charge in [-0.15, -0.1) is 0 Å². The lowest BCUT2D eigenvalue weighted by atomic mass is 9.71. The van der Waals surface area contributed by atoms with Gasteiger partial charge in [-0.2, -0.15) is 0 Å². The lowest BCUT2D eigenvalue weighted by Crippen LogP contribution is -2.25. The number of aromatic nitrogens is 2. The molecule has 7 aromatic carbocycles. The van der Waals surface area contributed by atoms with Crippen molar-refractivity contribution in [3.63, 3.8) is 0 Å². The van der Waals surface area contributed by atoms with Gasteiger partial charge in [0.25, 0.3) is 0 Å². The van der Waals surface area contributed by atoms with Crippen LogP contribution in [-0.4, -0.2) is 61.5 Å². The summed E-state index contributed by atoms with van der Waals surface area (Å²) in [6.07, 6.45) is 9.15. The molecule has 0 aliphatic carbocycles. The molecule has 0 aliphatic rings. The zero-order valence-corrected chi connectivity index (χ0v) is 49.1. The molecule has 424 valence electrons. The van der Waals surface area contributed by atoms with Crippen LogP contribution in [0.25, 0.3) is 0 Å². The zero-order valence-electron chi connectivity index (χ0n) is 49.1. The fourth-order valence-electron chi connectivity index (χ4n) is 9.85. The molecule has 0 unspecified atom stereocenters. The number of esters is 1. The van der Waals surface area contributed by atoms with Gasteiger partial charge in [0.1, 0.15) is 30.1 Å². The van der Waals surface area contributed by atoms with E-state index in [4.69, 9.17) is 29.0 Å². The van der Waals surface area contributed by atoms with Crippen molar-refractivity contribution in [3.8, 4) is 17.2 Å². The van der Waals surface area contributed by atoms with Gasteiger partial charge in [-0.1, -0.05) is 157 Å². The molecule has 0 aliphatic heterocycles. The average molecular weight is 1100 g/mol. The van der Waals surface area contributed by atoms with E-state index < -0.39 is 0 Å². The highest BCUT2D eigenvalue weighted by atomic mass is 17.1. The highest BCUT2D eigenvalue weighted by Gasteiger charge is 2.33. The van der Waals surface area contributed by atoms with E-state index in [1.54, 1.807) is 21.1 Å². The van der Waals surface area contributed by atoms with Gasteiger partial charge in [0.05, 0.1) is 33.9 Å². The van der Waals surface area contributed by atoms with Crippen LogP contribution in [0.2, 0.25) is 0 Å². The first-order valence-corrected chi connectivity index (χ1v) is 27.7. The Morgan fingerprint density at radius 1 is 0.451 bits per heavy atom. The Kier molecular flexibility index (Phi) is 23.4. The molecule has 3 atom stereocenters. The number of benzene rings is 7. The van der Waals surface area contributed by atoms with E-state index in [1.165, 1.54) is 72.3 Å². The third-order valence-electron chi connectivity index (χ3n) is 15.1. The predicted octanol–water partition coefficient (Wildman–Crippen LogP) is 15.4. The molecule has 2 aromatic heterocycles. The number of rotatable bonds is 19. The molecule has 0 radical (unpaired) electrons. The van der Waals surface area contributed by atoms with E-state index in [9.17, 15) is 4.79 Å². The van der Waals surface area contributed by atoms with Gasteiger partial charge >= 0.3 is 5.97 Å². The summed E-state index contributed by atoms with van der Waals surface area (Å²) in [5, 5.41) is 7.34. The number of carbonyl (C=O) groups is 2. The fourth-order valence-corrected chi connectivity index (χ4v) is 9.85. The molecule has 9 rings (SSSR count). The third kappa shape index (κ3) is 16.0. The maximum atomic E-state index is 11.5. The standard InChI is InChI=1S/C28H32O3.2C21H21NO.C2H4O3/c1-5-22-9-13-24(14-10-22)28(4,23-11-7-21(3)8-12-23)25-15-17-26(18-16-25)31-20-19-27(29)30-6-2;2*1-16-4-6-17(7-5-16)21(2,19-12-14-22-15-13-19)18-8-10-20(23-3)11-9-18;3-1-2-5-4/h7-18H,5-6,19-20H2,1-4H3;2*4-15H,1-3H3;1,4H,2H2/t28-;2*21-;/m011./s1. The molecule has 0 saturated carbocycles. The number of hydrogen-bond donors (Lipinski definition) is 1. The quantitative estimate of drug-likeness (QED) is 0.0275. The molecule has 0 spiro atoms. The van der Waals surface area contributed by atoms with Crippen LogP contribution in [0, 0.1) is 20.8 Å². The molecule has 0 amide bonds. The number of pyridine rings is 2. The molecule has 0 fully saturated rings. The Labute approximate surface area is 485 Å². The van der Waals surface area contributed by atoms with Crippen LogP contribution in [0.3, 0.4) is 0 Å². The fraction of sp³-hybridized carbons (Fsp3) is 0.250. The molecular formula is C72H78N2O8. The summed E-state index contributed by atoms with van der Waals surface area (Å²) in [6, 6.07) is 68.3. The van der Waals surface area contributed by atoms with Crippen molar-refractivity contribution in [2.75, 3.05) is 34.0 Å². The van der Waals surface area contributed by atoms with Crippen LogP contribution >= 0.6 is 0 Å². The summed E-state index contributed by atoms with van der Waals surface area (Å²) in [6.45, 7) is 17.6. The number of ether oxygens (including phenoxy) is 4. The second kappa shape index (κ2) is 30.8. The smallest absolute Gasteiger partial charge is 0.309 e. The lowest BCUT2D eigenvalue weighted by molar-refractivity contribution is -0.234. The Hall–Kier alpha value is -8.70. The monoisotopic (exact) mass is 1100 g/mol. The minimum atomic E-state index is -0.288. The Balaban J connectivity index is 0.000000192. The number of nitrogens with zero attached hydrogens (tertiary/aromatic N) is 2. The van der Waals surface area contributed by atoms with Crippen molar-refractivity contribution >= 4 is 12.3 Å². The molecule has 10 nitrogen and oxygen atoms in total. The van der Waals surface area contributed by atoms with E-state index in [-0.39, 0.29) is 35.2 Å². The van der Waals surface area contributed by atoms with Gasteiger partial charge in [-0.05, 0) is 171 Å². The van der Waals surface area contributed by atoms with Crippen molar-refractivity contribution < 1.29 is 38.7 Å². The highest BCUT2D eigenvalue weighted by Crippen LogP contribution is 2.42. The summed E-state index contributed by atoms with van der Waals surface area (Å²) in [7, 11) is 3.38. The topological polar surface area (TPSA) is 126 Å². The Morgan fingerprint density at radius 3 is 1.01 bits per heavy atom. The maximum absolute atomic E-state index is 11.5. The molecule has 1 N–H and O–H groups in total. The molecular weight excluding hydrogens is 1020 g/mol. The number of hydrogen-bond acceptors (Lipinski definition) is 10. The molecule has 0 saturated heterocycles. The average Bonchev–Trinajstić information content (AvgIpc) is 3.52. The van der Waals surface area contributed by atoms with Gasteiger partial charge in [-0.25, -0.2) is 4.89 Å². The van der Waals surface area contributed by atoms with E-state index in [0.29, 0.717) is 19.5 Å². The minimum Gasteiger partial charge on any atom is -0.497 e. The van der Waals surface area contributed by atoms with Crippen LogP contribution in [0.15, 0.2) is 219 Å². The van der Waals surface area contributed by atoms with E-state index in [0.717, 1.165) is 23.7 Å². The van der Waals surface area contributed by atoms with Gasteiger partial charge in [0.2, 0.25) is 0 Å². The van der Waals surface area contributed by atoms with E-state index in [1.807, 2.05) is 61.2 Å². The molecule has 2 heterocycles. The summed E-state index contributed by atoms with van der Waals surface area (Å²) in [4.78, 5) is 32.3. The summed E-state index contributed by atoms with van der Waals surface area (Å²) in [5.41, 5.74) is 15.5. The van der Waals surface area contributed by atoms with Gasteiger partial charge in [0.15, 0.2) is 0 Å².